The second kappa shape index (κ2) is 5.96. The summed E-state index contributed by atoms with van der Waals surface area (Å²) in [6.45, 7) is 0. The summed E-state index contributed by atoms with van der Waals surface area (Å²) in [5.74, 6) is 0.0329. The van der Waals surface area contributed by atoms with Gasteiger partial charge in [-0.1, -0.05) is 47.5 Å². The highest BCUT2D eigenvalue weighted by molar-refractivity contribution is 6.42. The molecule has 130 valence electrons. The van der Waals surface area contributed by atoms with Crippen LogP contribution in [0.15, 0.2) is 48.6 Å². The fourth-order valence-electron chi connectivity index (χ4n) is 3.84. The Morgan fingerprint density at radius 2 is 1.84 bits per heavy atom. The summed E-state index contributed by atoms with van der Waals surface area (Å²) in [4.78, 5) is 0. The van der Waals surface area contributed by atoms with Crippen LogP contribution in [0.3, 0.4) is 0 Å². The van der Waals surface area contributed by atoms with Gasteiger partial charge >= 0.3 is 6.18 Å². The summed E-state index contributed by atoms with van der Waals surface area (Å²) in [6.07, 6.45) is 0.453. The van der Waals surface area contributed by atoms with Crippen molar-refractivity contribution in [2.75, 3.05) is 5.32 Å². The first-order valence-electron chi connectivity index (χ1n) is 7.94. The number of rotatable bonds is 1. The zero-order chi connectivity index (χ0) is 17.8. The Bertz CT molecular complexity index is 860. The molecule has 3 atom stereocenters. The van der Waals surface area contributed by atoms with Crippen molar-refractivity contribution < 1.29 is 13.2 Å². The van der Waals surface area contributed by atoms with Crippen LogP contribution in [0.1, 0.15) is 35.1 Å². The predicted molar refractivity (Wildman–Crippen MR) is 94.3 cm³/mol. The summed E-state index contributed by atoms with van der Waals surface area (Å²) >= 11 is 12.5. The lowest BCUT2D eigenvalue weighted by Gasteiger charge is -2.38. The van der Waals surface area contributed by atoms with Crippen molar-refractivity contribution in [1.82, 2.24) is 0 Å². The van der Waals surface area contributed by atoms with Crippen LogP contribution in [-0.4, -0.2) is 0 Å². The van der Waals surface area contributed by atoms with Gasteiger partial charge in [-0.2, -0.15) is 13.2 Å². The van der Waals surface area contributed by atoms with Gasteiger partial charge in [-0.15, -0.1) is 0 Å². The molecule has 0 radical (unpaired) electrons. The average Bonchev–Trinajstić information content (AvgIpc) is 3.05. The van der Waals surface area contributed by atoms with E-state index in [0.29, 0.717) is 21.3 Å². The summed E-state index contributed by atoms with van der Waals surface area (Å²) in [6, 6.07) is 9.25. The third-order valence-electron chi connectivity index (χ3n) is 5.01. The van der Waals surface area contributed by atoms with E-state index in [1.54, 1.807) is 6.07 Å². The topological polar surface area (TPSA) is 12.0 Å². The van der Waals surface area contributed by atoms with Gasteiger partial charge in [0.15, 0.2) is 0 Å². The number of hydrogen-bond acceptors (Lipinski definition) is 1. The van der Waals surface area contributed by atoms with Crippen molar-refractivity contribution in [2.45, 2.75) is 24.6 Å². The summed E-state index contributed by atoms with van der Waals surface area (Å²) in [5, 5.41) is 4.34. The molecule has 2 aromatic carbocycles. The van der Waals surface area contributed by atoms with Gasteiger partial charge in [0.05, 0.1) is 21.7 Å². The van der Waals surface area contributed by atoms with Crippen LogP contribution in [-0.2, 0) is 6.18 Å². The van der Waals surface area contributed by atoms with Crippen LogP contribution in [0, 0.1) is 5.92 Å². The molecule has 0 saturated heterocycles. The molecule has 6 heteroatoms. The van der Waals surface area contributed by atoms with Gasteiger partial charge in [0.25, 0.3) is 0 Å². The molecule has 1 heterocycles. The zero-order valence-corrected chi connectivity index (χ0v) is 14.5. The van der Waals surface area contributed by atoms with E-state index in [0.717, 1.165) is 18.1 Å². The number of nitrogens with one attached hydrogen (secondary N) is 1. The Morgan fingerprint density at radius 3 is 2.60 bits per heavy atom. The van der Waals surface area contributed by atoms with E-state index in [1.165, 1.54) is 12.1 Å². The number of anilines is 1. The minimum Gasteiger partial charge on any atom is -0.378 e. The second-order valence-corrected chi connectivity index (χ2v) is 7.20. The van der Waals surface area contributed by atoms with Crippen LogP contribution in [0.5, 0.6) is 0 Å². The molecular formula is C19H14Cl2F3N. The second-order valence-electron chi connectivity index (χ2n) is 6.42. The van der Waals surface area contributed by atoms with Crippen LogP contribution < -0.4 is 5.32 Å². The van der Waals surface area contributed by atoms with E-state index in [4.69, 9.17) is 23.2 Å². The maximum atomic E-state index is 13.1. The summed E-state index contributed by atoms with van der Waals surface area (Å²) in [5.41, 5.74) is 1.65. The zero-order valence-electron chi connectivity index (χ0n) is 12.9. The van der Waals surface area contributed by atoms with Crippen molar-refractivity contribution >= 4 is 28.9 Å². The van der Waals surface area contributed by atoms with E-state index in [-0.39, 0.29) is 17.9 Å². The maximum Gasteiger partial charge on any atom is 0.416 e. The molecule has 0 fully saturated rings. The van der Waals surface area contributed by atoms with Crippen molar-refractivity contribution in [2.24, 2.45) is 5.92 Å². The smallest absolute Gasteiger partial charge is 0.378 e. The fraction of sp³-hybridized carbons (Fsp3) is 0.263. The van der Waals surface area contributed by atoms with Gasteiger partial charge in [0.1, 0.15) is 0 Å². The van der Waals surface area contributed by atoms with Gasteiger partial charge in [-0.3, -0.25) is 0 Å². The third-order valence-corrected chi connectivity index (χ3v) is 5.84. The average molecular weight is 384 g/mol. The molecule has 4 rings (SSSR count). The molecule has 1 N–H and O–H groups in total. The highest BCUT2D eigenvalue weighted by Gasteiger charge is 2.40. The Labute approximate surface area is 153 Å². The minimum absolute atomic E-state index is 0.0707. The molecule has 0 spiro atoms. The SMILES string of the molecule is FC(F)(F)c1ccc2c(c1)[C@@H]1C=CC[C@@H]1[C@H](c1cccc(Cl)c1Cl)N2. The Balaban J connectivity index is 1.80. The lowest BCUT2D eigenvalue weighted by Crippen LogP contribution is -2.29. The maximum absolute atomic E-state index is 13.1. The molecule has 0 aromatic heterocycles. The summed E-state index contributed by atoms with van der Waals surface area (Å²) < 4.78 is 39.2. The Morgan fingerprint density at radius 1 is 1.04 bits per heavy atom. The van der Waals surface area contributed by atoms with E-state index in [2.05, 4.69) is 5.32 Å². The molecule has 0 amide bonds. The summed E-state index contributed by atoms with van der Waals surface area (Å²) in [7, 11) is 0. The van der Waals surface area contributed by atoms with Crippen molar-refractivity contribution in [3.63, 3.8) is 0 Å². The van der Waals surface area contributed by atoms with Gasteiger partial charge in [-0.25, -0.2) is 0 Å². The van der Waals surface area contributed by atoms with Crippen molar-refractivity contribution in [3.05, 3.63) is 75.3 Å². The highest BCUT2D eigenvalue weighted by atomic mass is 35.5. The molecule has 2 aliphatic rings. The molecule has 0 bridgehead atoms. The number of allylic oxidation sites excluding steroid dienone is 2. The van der Waals surface area contributed by atoms with Gasteiger partial charge in [-0.05, 0) is 47.7 Å². The Kier molecular flexibility index (Phi) is 4.00. The first kappa shape index (κ1) is 16.8. The monoisotopic (exact) mass is 383 g/mol. The molecule has 25 heavy (non-hydrogen) atoms. The number of benzene rings is 2. The van der Waals surface area contributed by atoms with Crippen molar-refractivity contribution in [3.8, 4) is 0 Å². The molecule has 1 aliphatic carbocycles. The van der Waals surface area contributed by atoms with Gasteiger partial charge in [0.2, 0.25) is 0 Å². The van der Waals surface area contributed by atoms with Crippen LogP contribution in [0.25, 0.3) is 0 Å². The Hall–Kier alpha value is -1.65. The van der Waals surface area contributed by atoms with E-state index in [9.17, 15) is 13.2 Å². The molecule has 1 nitrogen and oxygen atoms in total. The molecule has 1 aliphatic heterocycles. The first-order chi connectivity index (χ1) is 11.9. The predicted octanol–water partition coefficient (Wildman–Crippen LogP) is 6.84. The largest absolute Gasteiger partial charge is 0.416 e. The van der Waals surface area contributed by atoms with Crippen LogP contribution in [0.2, 0.25) is 10.0 Å². The van der Waals surface area contributed by atoms with Gasteiger partial charge in [0, 0.05) is 11.6 Å². The number of halogens is 5. The standard InChI is InChI=1S/C19H14Cl2F3N/c20-15-6-2-5-13(17(15)21)18-12-4-1-3-11(12)14-9-10(19(22,23)24)7-8-16(14)25-18/h1-3,5-9,11-12,18,25H,4H2/t11-,12+,18-/m1/s1. The number of fused-ring (bicyclic) bond motifs is 3. The number of hydrogen-bond donors (Lipinski definition) is 1. The highest BCUT2D eigenvalue weighted by Crippen LogP contribution is 2.52. The van der Waals surface area contributed by atoms with Crippen LogP contribution in [0.4, 0.5) is 18.9 Å². The normalized spacial score (nSPS) is 24.6. The molecule has 0 saturated carbocycles. The fourth-order valence-corrected chi connectivity index (χ4v) is 4.26. The quantitative estimate of drug-likeness (QED) is 0.531. The lowest BCUT2D eigenvalue weighted by atomic mass is 9.76. The van der Waals surface area contributed by atoms with Crippen molar-refractivity contribution in [1.29, 1.82) is 0 Å². The van der Waals surface area contributed by atoms with E-state index in [1.807, 2.05) is 24.3 Å². The van der Waals surface area contributed by atoms with E-state index >= 15 is 0 Å². The minimum atomic E-state index is -4.35. The first-order valence-corrected chi connectivity index (χ1v) is 8.70. The van der Waals surface area contributed by atoms with Crippen LogP contribution >= 0.6 is 23.2 Å². The lowest BCUT2D eigenvalue weighted by molar-refractivity contribution is -0.137. The molecule has 0 unspecified atom stereocenters. The molecular weight excluding hydrogens is 370 g/mol. The molecule has 2 aromatic rings. The van der Waals surface area contributed by atoms with Gasteiger partial charge < -0.3 is 5.32 Å². The third kappa shape index (κ3) is 2.81. The number of alkyl halides is 3. The van der Waals surface area contributed by atoms with E-state index < -0.39 is 11.7 Å².